The fourth-order valence-corrected chi connectivity index (χ4v) is 2.16. The number of phenols is 1. The Morgan fingerprint density at radius 2 is 1.83 bits per heavy atom. The minimum atomic E-state index is -1.16. The van der Waals surface area contributed by atoms with Crippen molar-refractivity contribution in [3.05, 3.63) is 58.6 Å². The van der Waals surface area contributed by atoms with Crippen LogP contribution < -0.4 is 11.1 Å². The molecule has 120 valence electrons. The van der Waals surface area contributed by atoms with E-state index in [4.69, 9.17) is 17.3 Å². The molecule has 23 heavy (non-hydrogen) atoms. The second-order valence-corrected chi connectivity index (χ2v) is 5.38. The number of aliphatic carboxylic acids is 1. The van der Waals surface area contributed by atoms with Gasteiger partial charge in [0.05, 0.1) is 10.7 Å². The number of halogens is 1. The lowest BCUT2D eigenvalue weighted by molar-refractivity contribution is -0.139. The minimum absolute atomic E-state index is 0.0844. The molecule has 0 aliphatic carbocycles. The number of hydrogen-bond donors (Lipinski definition) is 4. The molecule has 0 heterocycles. The van der Waals surface area contributed by atoms with E-state index in [1.54, 1.807) is 12.1 Å². The van der Waals surface area contributed by atoms with E-state index in [9.17, 15) is 19.8 Å². The predicted octanol–water partition coefficient (Wildman–Crippen LogP) is 2.05. The quantitative estimate of drug-likeness (QED) is 0.625. The predicted molar refractivity (Wildman–Crippen MR) is 86.6 cm³/mol. The third-order valence-electron chi connectivity index (χ3n) is 3.24. The van der Waals surface area contributed by atoms with Crippen molar-refractivity contribution in [3.8, 4) is 5.75 Å². The molecule has 2 aromatic carbocycles. The fourth-order valence-electron chi connectivity index (χ4n) is 1.98. The van der Waals surface area contributed by atoms with Crippen LogP contribution in [-0.2, 0) is 11.2 Å². The van der Waals surface area contributed by atoms with Gasteiger partial charge in [0.2, 0.25) is 0 Å². The van der Waals surface area contributed by atoms with E-state index in [0.29, 0.717) is 11.3 Å². The first-order valence-electron chi connectivity index (χ1n) is 6.73. The van der Waals surface area contributed by atoms with Crippen molar-refractivity contribution in [1.82, 2.24) is 5.32 Å². The monoisotopic (exact) mass is 334 g/mol. The molecule has 1 amide bonds. The van der Waals surface area contributed by atoms with Gasteiger partial charge in [0.1, 0.15) is 11.8 Å². The Balaban J connectivity index is 2.12. The summed E-state index contributed by atoms with van der Waals surface area (Å²) in [5.41, 5.74) is 6.81. The Morgan fingerprint density at radius 1 is 1.17 bits per heavy atom. The molecule has 0 saturated carbocycles. The van der Waals surface area contributed by atoms with Gasteiger partial charge in [-0.05, 0) is 35.9 Å². The van der Waals surface area contributed by atoms with Crippen LogP contribution in [0.15, 0.2) is 42.5 Å². The number of benzene rings is 2. The molecule has 1 unspecified atom stereocenters. The molecule has 6 nitrogen and oxygen atoms in total. The second kappa shape index (κ2) is 7.02. The first kappa shape index (κ1) is 16.6. The van der Waals surface area contributed by atoms with Crippen molar-refractivity contribution in [2.75, 3.05) is 5.73 Å². The van der Waals surface area contributed by atoms with E-state index in [2.05, 4.69) is 5.32 Å². The number of carboxylic acids is 1. The van der Waals surface area contributed by atoms with Crippen molar-refractivity contribution >= 4 is 29.2 Å². The molecule has 0 bridgehead atoms. The number of aromatic hydroxyl groups is 1. The highest BCUT2D eigenvalue weighted by molar-refractivity contribution is 6.33. The Labute approximate surface area is 137 Å². The summed E-state index contributed by atoms with van der Waals surface area (Å²) in [6, 6.07) is 9.32. The van der Waals surface area contributed by atoms with Gasteiger partial charge in [-0.15, -0.1) is 0 Å². The van der Waals surface area contributed by atoms with Crippen LogP contribution >= 0.6 is 11.6 Å². The molecule has 0 aliphatic rings. The molecule has 1 atom stereocenters. The maximum absolute atomic E-state index is 12.2. The van der Waals surface area contributed by atoms with Crippen LogP contribution in [0.2, 0.25) is 5.02 Å². The lowest BCUT2D eigenvalue weighted by Gasteiger charge is -2.15. The number of amides is 1. The summed E-state index contributed by atoms with van der Waals surface area (Å²) in [7, 11) is 0. The van der Waals surface area contributed by atoms with Crippen LogP contribution in [0.1, 0.15) is 15.9 Å². The number of carbonyl (C=O) groups is 2. The smallest absolute Gasteiger partial charge is 0.326 e. The van der Waals surface area contributed by atoms with E-state index in [1.807, 2.05) is 0 Å². The largest absolute Gasteiger partial charge is 0.508 e. The summed E-state index contributed by atoms with van der Waals surface area (Å²) in [4.78, 5) is 23.5. The number of nitrogens with one attached hydrogen (secondary N) is 1. The van der Waals surface area contributed by atoms with Gasteiger partial charge < -0.3 is 21.3 Å². The molecule has 0 radical (unpaired) electrons. The number of phenolic OH excluding ortho intramolecular Hbond substituents is 1. The van der Waals surface area contributed by atoms with Gasteiger partial charge in [0.25, 0.3) is 5.91 Å². The van der Waals surface area contributed by atoms with E-state index < -0.39 is 17.9 Å². The topological polar surface area (TPSA) is 113 Å². The number of hydrogen-bond acceptors (Lipinski definition) is 4. The summed E-state index contributed by atoms with van der Waals surface area (Å²) < 4.78 is 0. The highest BCUT2D eigenvalue weighted by Gasteiger charge is 2.21. The zero-order chi connectivity index (χ0) is 17.0. The van der Waals surface area contributed by atoms with Gasteiger partial charge in [0, 0.05) is 12.0 Å². The third-order valence-corrected chi connectivity index (χ3v) is 3.57. The van der Waals surface area contributed by atoms with Crippen LogP contribution in [-0.4, -0.2) is 28.1 Å². The van der Waals surface area contributed by atoms with Crippen molar-refractivity contribution in [3.63, 3.8) is 0 Å². The molecular weight excluding hydrogens is 320 g/mol. The summed E-state index contributed by atoms with van der Waals surface area (Å²) in [6.45, 7) is 0. The van der Waals surface area contributed by atoms with Gasteiger partial charge in [-0.3, -0.25) is 4.79 Å². The number of nitrogen functional groups attached to an aromatic ring is 1. The van der Waals surface area contributed by atoms with Crippen LogP contribution in [0.3, 0.4) is 0 Å². The van der Waals surface area contributed by atoms with Gasteiger partial charge >= 0.3 is 5.97 Å². The molecule has 0 fully saturated rings. The van der Waals surface area contributed by atoms with E-state index in [1.165, 1.54) is 30.3 Å². The number of nitrogens with two attached hydrogens (primary N) is 1. The second-order valence-electron chi connectivity index (χ2n) is 4.97. The zero-order valence-corrected chi connectivity index (χ0v) is 12.7. The first-order valence-corrected chi connectivity index (χ1v) is 7.11. The Morgan fingerprint density at radius 3 is 2.39 bits per heavy atom. The average molecular weight is 335 g/mol. The van der Waals surface area contributed by atoms with Gasteiger partial charge in [0.15, 0.2) is 0 Å². The molecule has 0 saturated heterocycles. The average Bonchev–Trinajstić information content (AvgIpc) is 2.51. The summed E-state index contributed by atoms with van der Waals surface area (Å²) in [5, 5.41) is 21.2. The molecule has 0 spiro atoms. The van der Waals surface area contributed by atoms with Crippen LogP contribution in [0.5, 0.6) is 5.75 Å². The number of carboxylic acid groups (broad SMARTS) is 1. The number of rotatable bonds is 5. The Bertz CT molecular complexity index is 731. The van der Waals surface area contributed by atoms with E-state index in [0.717, 1.165) is 0 Å². The summed E-state index contributed by atoms with van der Waals surface area (Å²) >= 11 is 5.86. The molecule has 0 aromatic heterocycles. The maximum Gasteiger partial charge on any atom is 0.326 e. The lowest BCUT2D eigenvalue weighted by atomic mass is 10.1. The third kappa shape index (κ3) is 4.37. The van der Waals surface area contributed by atoms with Crippen molar-refractivity contribution < 1.29 is 19.8 Å². The Kier molecular flexibility index (Phi) is 5.08. The molecule has 5 N–H and O–H groups in total. The van der Waals surface area contributed by atoms with Gasteiger partial charge in [-0.1, -0.05) is 23.7 Å². The highest BCUT2D eigenvalue weighted by Crippen LogP contribution is 2.19. The molecule has 2 aromatic rings. The van der Waals surface area contributed by atoms with Crippen LogP contribution in [0.4, 0.5) is 5.69 Å². The van der Waals surface area contributed by atoms with Crippen molar-refractivity contribution in [1.29, 1.82) is 0 Å². The van der Waals surface area contributed by atoms with Crippen LogP contribution in [0, 0.1) is 0 Å². The van der Waals surface area contributed by atoms with Crippen LogP contribution in [0.25, 0.3) is 0 Å². The molecule has 7 heteroatoms. The molecule has 0 aliphatic heterocycles. The first-order chi connectivity index (χ1) is 10.9. The minimum Gasteiger partial charge on any atom is -0.508 e. The van der Waals surface area contributed by atoms with Gasteiger partial charge in [-0.2, -0.15) is 0 Å². The maximum atomic E-state index is 12.2. The molecule has 2 rings (SSSR count). The number of anilines is 1. The van der Waals surface area contributed by atoms with E-state index >= 15 is 0 Å². The zero-order valence-electron chi connectivity index (χ0n) is 12.0. The highest BCUT2D eigenvalue weighted by atomic mass is 35.5. The van der Waals surface area contributed by atoms with Gasteiger partial charge in [-0.25, -0.2) is 4.79 Å². The summed E-state index contributed by atoms with van der Waals surface area (Å²) in [6.07, 6.45) is 0.0874. The van der Waals surface area contributed by atoms with Crippen molar-refractivity contribution in [2.24, 2.45) is 0 Å². The van der Waals surface area contributed by atoms with Crippen molar-refractivity contribution in [2.45, 2.75) is 12.5 Å². The lowest BCUT2D eigenvalue weighted by Crippen LogP contribution is -2.42. The number of carbonyl (C=O) groups excluding carboxylic acids is 1. The Hall–Kier alpha value is -2.73. The fraction of sp³-hybridized carbons (Fsp3) is 0.125. The normalized spacial score (nSPS) is 11.7. The SMILES string of the molecule is Nc1ccc(C(=O)NC(Cc2ccc(O)cc2)C(=O)O)cc1Cl. The summed E-state index contributed by atoms with van der Waals surface area (Å²) in [5.74, 6) is -1.63. The van der Waals surface area contributed by atoms with E-state index in [-0.39, 0.29) is 22.8 Å². The molecular formula is C16H15ClN2O4. The standard InChI is InChI=1S/C16H15ClN2O4/c17-12-8-10(3-6-13(12)18)15(21)19-14(16(22)23)7-9-1-4-11(20)5-2-9/h1-6,8,14,20H,7,18H2,(H,19,21)(H,22,23).